The van der Waals surface area contributed by atoms with Crippen LogP contribution < -0.4 is 5.69 Å². The van der Waals surface area contributed by atoms with E-state index >= 15 is 0 Å². The molecule has 0 spiro atoms. The van der Waals surface area contributed by atoms with Crippen LogP contribution in [-0.4, -0.2) is 35.0 Å². The summed E-state index contributed by atoms with van der Waals surface area (Å²) in [6, 6.07) is 16.2. The Balaban J connectivity index is 1.62. The third kappa shape index (κ3) is 4.59. The number of rotatable bonds is 9. The van der Waals surface area contributed by atoms with Crippen molar-refractivity contribution in [1.82, 2.24) is 35.0 Å². The number of aromatic nitrogens is 7. The maximum Gasteiger partial charge on any atom is 0.346 e. The molecule has 0 atom stereocenters. The summed E-state index contributed by atoms with van der Waals surface area (Å²) in [7, 11) is 0. The number of nitrogens with zero attached hydrogens (tertiary/aromatic N) is 6. The molecule has 2 aromatic heterocycles. The third-order valence-corrected chi connectivity index (χ3v) is 5.30. The van der Waals surface area contributed by atoms with E-state index in [4.69, 9.17) is 0 Å². The molecule has 0 radical (unpaired) electrons. The quantitative estimate of drug-likeness (QED) is 0.431. The van der Waals surface area contributed by atoms with E-state index in [1.807, 2.05) is 48.6 Å². The first-order chi connectivity index (χ1) is 15.7. The number of nitrogens with one attached hydrogen (secondary N) is 1. The number of aromatic amines is 1. The van der Waals surface area contributed by atoms with Gasteiger partial charge in [0.1, 0.15) is 0 Å². The fourth-order valence-corrected chi connectivity index (χ4v) is 3.58. The molecule has 164 valence electrons. The van der Waals surface area contributed by atoms with Gasteiger partial charge in [0.2, 0.25) is 5.82 Å². The maximum absolute atomic E-state index is 12.9. The number of aryl methyl sites for hydroxylation is 1. The van der Waals surface area contributed by atoms with Crippen LogP contribution in [-0.2, 0) is 13.1 Å². The minimum Gasteiger partial charge on any atom is -0.271 e. The van der Waals surface area contributed by atoms with Crippen molar-refractivity contribution < 1.29 is 0 Å². The number of hydrogen-bond acceptors (Lipinski definition) is 5. The molecule has 2 heterocycles. The molecular weight excluding hydrogens is 402 g/mol. The average molecular weight is 430 g/mol. The summed E-state index contributed by atoms with van der Waals surface area (Å²) in [4.78, 5) is 12.9. The summed E-state index contributed by atoms with van der Waals surface area (Å²) < 4.78 is 3.32. The third-order valence-electron chi connectivity index (χ3n) is 5.30. The molecule has 1 N–H and O–H groups in total. The second kappa shape index (κ2) is 10.00. The van der Waals surface area contributed by atoms with E-state index in [9.17, 15) is 4.79 Å². The van der Waals surface area contributed by atoms with Crippen LogP contribution in [0.25, 0.3) is 28.6 Å². The number of hydrogen-bond donors (Lipinski definition) is 1. The SMILES string of the molecule is CC/C=C/c1nn(CCCC)c(=O)n1Cc1ccc(-c2ccccc2-c2nn[nH]n2)cc1. The zero-order valence-electron chi connectivity index (χ0n) is 18.4. The van der Waals surface area contributed by atoms with E-state index in [0.717, 1.165) is 41.5 Å². The van der Waals surface area contributed by atoms with Crippen LogP contribution in [0.15, 0.2) is 59.4 Å². The fraction of sp³-hybridized carbons (Fsp3) is 0.292. The molecule has 0 unspecified atom stereocenters. The minimum absolute atomic E-state index is 0.0688. The van der Waals surface area contributed by atoms with E-state index < -0.39 is 0 Å². The van der Waals surface area contributed by atoms with E-state index in [2.05, 4.69) is 51.7 Å². The van der Waals surface area contributed by atoms with Gasteiger partial charge >= 0.3 is 5.69 Å². The van der Waals surface area contributed by atoms with Gasteiger partial charge in [-0.3, -0.25) is 4.57 Å². The molecule has 0 bridgehead atoms. The maximum atomic E-state index is 12.9. The molecule has 0 aliphatic carbocycles. The predicted octanol–water partition coefficient (Wildman–Crippen LogP) is 4.16. The van der Waals surface area contributed by atoms with Crippen molar-refractivity contribution in [3.05, 3.63) is 76.5 Å². The molecule has 0 aliphatic heterocycles. The molecule has 4 rings (SSSR count). The van der Waals surface area contributed by atoms with Gasteiger partial charge in [0.05, 0.1) is 6.54 Å². The number of H-pyrrole nitrogens is 1. The van der Waals surface area contributed by atoms with Crippen LogP contribution in [0.1, 0.15) is 44.5 Å². The van der Waals surface area contributed by atoms with Crippen molar-refractivity contribution in [2.45, 2.75) is 46.2 Å². The van der Waals surface area contributed by atoms with E-state index in [-0.39, 0.29) is 5.69 Å². The Labute approximate surface area is 186 Å². The van der Waals surface area contributed by atoms with Crippen molar-refractivity contribution in [2.24, 2.45) is 0 Å². The van der Waals surface area contributed by atoms with Crippen molar-refractivity contribution in [1.29, 1.82) is 0 Å². The van der Waals surface area contributed by atoms with Crippen molar-refractivity contribution in [3.8, 4) is 22.5 Å². The first-order valence-corrected chi connectivity index (χ1v) is 11.0. The molecule has 0 fully saturated rings. The van der Waals surface area contributed by atoms with Gasteiger partial charge in [0, 0.05) is 12.1 Å². The first kappa shape index (κ1) is 21.4. The molecule has 0 aliphatic rings. The molecular formula is C24H27N7O. The topological polar surface area (TPSA) is 94.3 Å². The van der Waals surface area contributed by atoms with Crippen molar-refractivity contribution in [2.75, 3.05) is 0 Å². The van der Waals surface area contributed by atoms with Gasteiger partial charge in [0.15, 0.2) is 5.82 Å². The highest BCUT2D eigenvalue weighted by atomic mass is 16.2. The van der Waals surface area contributed by atoms with Gasteiger partial charge in [0.25, 0.3) is 0 Å². The Morgan fingerprint density at radius 3 is 2.50 bits per heavy atom. The molecule has 2 aromatic carbocycles. The fourth-order valence-electron chi connectivity index (χ4n) is 3.58. The zero-order chi connectivity index (χ0) is 22.3. The lowest BCUT2D eigenvalue weighted by Gasteiger charge is -2.09. The second-order valence-electron chi connectivity index (χ2n) is 7.59. The molecule has 4 aromatic rings. The van der Waals surface area contributed by atoms with E-state index in [1.165, 1.54) is 0 Å². The Hall–Kier alpha value is -3.81. The number of benzene rings is 2. The average Bonchev–Trinajstić information content (AvgIpc) is 3.46. The Morgan fingerprint density at radius 1 is 1.03 bits per heavy atom. The number of tetrazole rings is 1. The van der Waals surface area contributed by atoms with Crippen LogP contribution in [0.4, 0.5) is 0 Å². The Morgan fingerprint density at radius 2 is 1.81 bits per heavy atom. The summed E-state index contributed by atoms with van der Waals surface area (Å²) in [5.41, 5.74) is 3.95. The minimum atomic E-state index is -0.0688. The van der Waals surface area contributed by atoms with Gasteiger partial charge in [-0.15, -0.1) is 10.2 Å². The highest BCUT2D eigenvalue weighted by Gasteiger charge is 2.13. The highest BCUT2D eigenvalue weighted by molar-refractivity contribution is 5.80. The molecule has 0 saturated carbocycles. The van der Waals surface area contributed by atoms with Crippen LogP contribution >= 0.6 is 0 Å². The first-order valence-electron chi connectivity index (χ1n) is 11.0. The molecule has 32 heavy (non-hydrogen) atoms. The summed E-state index contributed by atoms with van der Waals surface area (Å²) in [5, 5.41) is 18.9. The normalized spacial score (nSPS) is 11.4. The second-order valence-corrected chi connectivity index (χ2v) is 7.59. The van der Waals surface area contributed by atoms with Gasteiger partial charge < -0.3 is 0 Å². The Bertz CT molecular complexity index is 1230. The van der Waals surface area contributed by atoms with Gasteiger partial charge in [-0.1, -0.05) is 74.9 Å². The summed E-state index contributed by atoms with van der Waals surface area (Å²) in [6.45, 7) is 5.29. The monoisotopic (exact) mass is 429 g/mol. The van der Waals surface area contributed by atoms with Gasteiger partial charge in [-0.25, -0.2) is 9.48 Å². The van der Waals surface area contributed by atoms with Crippen molar-refractivity contribution >= 4 is 6.08 Å². The molecule has 0 saturated heterocycles. The summed E-state index contributed by atoms with van der Waals surface area (Å²) >= 11 is 0. The summed E-state index contributed by atoms with van der Waals surface area (Å²) in [6.07, 6.45) is 6.80. The largest absolute Gasteiger partial charge is 0.346 e. The highest BCUT2D eigenvalue weighted by Crippen LogP contribution is 2.29. The lowest BCUT2D eigenvalue weighted by molar-refractivity contribution is 0.545. The lowest BCUT2D eigenvalue weighted by atomic mass is 9.98. The van der Waals surface area contributed by atoms with Crippen LogP contribution in [0.3, 0.4) is 0 Å². The standard InChI is InChI=1S/C24H27N7O/c1-3-5-11-22-27-31(16-6-4-2)24(32)30(22)17-18-12-14-19(15-13-18)20-9-7-8-10-21(20)23-25-28-29-26-23/h5,7-15H,3-4,6,16-17H2,1-2H3,(H,25,26,28,29)/b11-5+. The molecule has 0 amide bonds. The van der Waals surface area contributed by atoms with Gasteiger partial charge in [-0.2, -0.15) is 10.3 Å². The summed E-state index contributed by atoms with van der Waals surface area (Å²) in [5.74, 6) is 1.25. The molecule has 8 nitrogen and oxygen atoms in total. The zero-order valence-corrected chi connectivity index (χ0v) is 18.4. The number of unbranched alkanes of at least 4 members (excludes halogenated alkanes) is 1. The van der Waals surface area contributed by atoms with E-state index in [1.54, 1.807) is 9.25 Å². The number of allylic oxidation sites excluding steroid dienone is 1. The Kier molecular flexibility index (Phi) is 6.69. The van der Waals surface area contributed by atoms with E-state index in [0.29, 0.717) is 24.7 Å². The predicted molar refractivity (Wildman–Crippen MR) is 125 cm³/mol. The van der Waals surface area contributed by atoms with Crippen LogP contribution in [0.2, 0.25) is 0 Å². The van der Waals surface area contributed by atoms with Gasteiger partial charge in [-0.05, 0) is 40.8 Å². The lowest BCUT2D eigenvalue weighted by Crippen LogP contribution is -2.25. The van der Waals surface area contributed by atoms with Crippen LogP contribution in [0, 0.1) is 0 Å². The smallest absolute Gasteiger partial charge is 0.271 e. The molecule has 8 heteroatoms. The van der Waals surface area contributed by atoms with Crippen molar-refractivity contribution in [3.63, 3.8) is 0 Å². The van der Waals surface area contributed by atoms with Crippen LogP contribution in [0.5, 0.6) is 0 Å².